The van der Waals surface area contributed by atoms with Crippen LogP contribution in [-0.4, -0.2) is 12.4 Å². The molecule has 0 saturated carbocycles. The molecule has 0 unspecified atom stereocenters. The molecule has 1 aliphatic rings. The Hall–Kier alpha value is -1.26. The van der Waals surface area contributed by atoms with Gasteiger partial charge in [0.05, 0.1) is 5.57 Å². The summed E-state index contributed by atoms with van der Waals surface area (Å²) in [5.41, 5.74) is 4.62. The summed E-state index contributed by atoms with van der Waals surface area (Å²) < 4.78 is 36.9. The van der Waals surface area contributed by atoms with Gasteiger partial charge in [-0.3, -0.25) is 0 Å². The minimum atomic E-state index is -4.34. The van der Waals surface area contributed by atoms with Gasteiger partial charge >= 0.3 is 6.18 Å². The predicted octanol–water partition coefficient (Wildman–Crippen LogP) is 2.53. The van der Waals surface area contributed by atoms with Crippen molar-refractivity contribution in [3.63, 3.8) is 0 Å². The average Bonchev–Trinajstić information content (AvgIpc) is 2.15. The summed E-state index contributed by atoms with van der Waals surface area (Å²) in [6.45, 7) is 0. The molecule has 0 spiro atoms. The number of nitrogens with two attached hydrogens (primary N) is 1. The summed E-state index contributed by atoms with van der Waals surface area (Å²) >= 11 is 0. The van der Waals surface area contributed by atoms with E-state index in [1.165, 1.54) is 0 Å². The Balaban J connectivity index is 2.89. The third-order valence-corrected chi connectivity index (χ3v) is 1.81. The maximum Gasteiger partial charge on any atom is 0.417 e. The summed E-state index contributed by atoms with van der Waals surface area (Å²) in [7, 11) is 0. The van der Waals surface area contributed by atoms with Gasteiger partial charge in [0.1, 0.15) is 5.82 Å². The minimum Gasteiger partial charge on any atom is -0.384 e. The Morgan fingerprint density at radius 3 is 2.50 bits per heavy atom. The molecule has 0 fully saturated rings. The predicted molar refractivity (Wildman–Crippen MR) is 48.8 cm³/mol. The molecule has 1 heterocycles. The number of halogens is 3. The molecular weight excluding hydrogens is 193 g/mol. The van der Waals surface area contributed by atoms with Crippen molar-refractivity contribution in [1.82, 2.24) is 0 Å². The average molecular weight is 204 g/mol. The van der Waals surface area contributed by atoms with E-state index in [2.05, 4.69) is 4.99 Å². The van der Waals surface area contributed by atoms with E-state index in [4.69, 9.17) is 5.73 Å². The molecule has 0 amide bonds. The lowest BCUT2D eigenvalue weighted by molar-refractivity contribution is -0.0858. The van der Waals surface area contributed by atoms with Gasteiger partial charge in [0.2, 0.25) is 0 Å². The van der Waals surface area contributed by atoms with Crippen LogP contribution in [0.1, 0.15) is 19.3 Å². The summed E-state index contributed by atoms with van der Waals surface area (Å²) in [5.74, 6) is 0.141. The third kappa shape index (κ3) is 3.24. The van der Waals surface area contributed by atoms with Crippen LogP contribution in [0.2, 0.25) is 0 Å². The smallest absolute Gasteiger partial charge is 0.384 e. The number of rotatable bonds is 0. The van der Waals surface area contributed by atoms with E-state index >= 15 is 0 Å². The Labute approximate surface area is 80.0 Å². The van der Waals surface area contributed by atoms with E-state index in [0.717, 1.165) is 12.3 Å². The van der Waals surface area contributed by atoms with Gasteiger partial charge < -0.3 is 5.73 Å². The second-order valence-electron chi connectivity index (χ2n) is 2.98. The summed E-state index contributed by atoms with van der Waals surface area (Å²) in [5, 5.41) is 0. The summed E-state index contributed by atoms with van der Waals surface area (Å²) in [4.78, 5) is 3.52. The number of aliphatic imine (C=N–C) groups is 1. The van der Waals surface area contributed by atoms with Crippen LogP contribution in [0.25, 0.3) is 0 Å². The van der Waals surface area contributed by atoms with Crippen molar-refractivity contribution in [3.8, 4) is 0 Å². The van der Waals surface area contributed by atoms with Crippen LogP contribution in [0.4, 0.5) is 13.2 Å². The highest BCUT2D eigenvalue weighted by Gasteiger charge is 2.32. The molecule has 1 rings (SSSR count). The van der Waals surface area contributed by atoms with E-state index in [-0.39, 0.29) is 5.82 Å². The molecule has 0 bridgehead atoms. The lowest BCUT2D eigenvalue weighted by Crippen LogP contribution is -2.13. The van der Waals surface area contributed by atoms with Crippen molar-refractivity contribution in [1.29, 1.82) is 0 Å². The van der Waals surface area contributed by atoms with Crippen LogP contribution in [0.5, 0.6) is 0 Å². The first-order chi connectivity index (χ1) is 6.50. The number of hydrogen-bond donors (Lipinski definition) is 1. The van der Waals surface area contributed by atoms with E-state index in [0.29, 0.717) is 19.3 Å². The van der Waals surface area contributed by atoms with Crippen molar-refractivity contribution in [2.24, 2.45) is 10.7 Å². The fourth-order valence-electron chi connectivity index (χ4n) is 1.06. The van der Waals surface area contributed by atoms with Crippen LogP contribution in [0, 0.1) is 0 Å². The van der Waals surface area contributed by atoms with Gasteiger partial charge in [-0.2, -0.15) is 13.2 Å². The highest BCUT2D eigenvalue weighted by molar-refractivity contribution is 5.81. The monoisotopic (exact) mass is 204 g/mol. The second-order valence-corrected chi connectivity index (χ2v) is 2.98. The first kappa shape index (κ1) is 10.8. The molecule has 0 radical (unpaired) electrons. The van der Waals surface area contributed by atoms with Gasteiger partial charge in [0.25, 0.3) is 0 Å². The quantitative estimate of drug-likeness (QED) is 0.647. The van der Waals surface area contributed by atoms with Gasteiger partial charge in [0, 0.05) is 6.21 Å². The zero-order valence-corrected chi connectivity index (χ0v) is 7.51. The molecule has 1 aliphatic heterocycles. The third-order valence-electron chi connectivity index (χ3n) is 1.81. The van der Waals surface area contributed by atoms with E-state index in [9.17, 15) is 13.2 Å². The fraction of sp³-hybridized carbons (Fsp3) is 0.444. The zero-order valence-electron chi connectivity index (χ0n) is 7.51. The topological polar surface area (TPSA) is 38.4 Å². The Morgan fingerprint density at radius 1 is 1.21 bits per heavy atom. The second kappa shape index (κ2) is 4.30. The molecule has 2 nitrogen and oxygen atoms in total. The molecule has 78 valence electrons. The number of hydrogen-bond acceptors (Lipinski definition) is 2. The number of alkyl halides is 3. The largest absolute Gasteiger partial charge is 0.417 e. The van der Waals surface area contributed by atoms with Gasteiger partial charge in [-0.1, -0.05) is 6.08 Å². The lowest BCUT2D eigenvalue weighted by Gasteiger charge is -2.05. The first-order valence-electron chi connectivity index (χ1n) is 4.27. The zero-order chi connectivity index (χ0) is 10.6. The van der Waals surface area contributed by atoms with Crippen molar-refractivity contribution in [2.75, 3.05) is 0 Å². The van der Waals surface area contributed by atoms with Crippen LogP contribution < -0.4 is 5.73 Å². The maximum absolute atomic E-state index is 12.3. The van der Waals surface area contributed by atoms with Gasteiger partial charge in [-0.05, 0) is 25.3 Å². The maximum atomic E-state index is 12.3. The summed E-state index contributed by atoms with van der Waals surface area (Å²) in [6, 6.07) is 0. The number of allylic oxidation sites excluding steroid dienone is 3. The van der Waals surface area contributed by atoms with E-state index in [1.54, 1.807) is 6.08 Å². The SMILES string of the molecule is NC1=C/CCC/C=C(C(F)(F)F)/C=N\1. The number of nitrogens with zero attached hydrogens (tertiary/aromatic N) is 1. The van der Waals surface area contributed by atoms with Gasteiger partial charge in [0.15, 0.2) is 0 Å². The Morgan fingerprint density at radius 2 is 1.86 bits per heavy atom. The Bertz CT molecular complexity index is 287. The molecule has 0 atom stereocenters. The van der Waals surface area contributed by atoms with Crippen molar-refractivity contribution in [3.05, 3.63) is 23.5 Å². The van der Waals surface area contributed by atoms with E-state index < -0.39 is 11.7 Å². The summed E-state index contributed by atoms with van der Waals surface area (Å²) in [6.07, 6.45) is 0.921. The lowest BCUT2D eigenvalue weighted by atomic mass is 10.1. The minimum absolute atomic E-state index is 0.141. The molecule has 14 heavy (non-hydrogen) atoms. The van der Waals surface area contributed by atoms with Crippen LogP contribution in [-0.2, 0) is 0 Å². The first-order valence-corrected chi connectivity index (χ1v) is 4.27. The van der Waals surface area contributed by atoms with Crippen LogP contribution in [0.3, 0.4) is 0 Å². The fourth-order valence-corrected chi connectivity index (χ4v) is 1.06. The van der Waals surface area contributed by atoms with E-state index in [1.807, 2.05) is 0 Å². The van der Waals surface area contributed by atoms with Crippen molar-refractivity contribution >= 4 is 6.21 Å². The van der Waals surface area contributed by atoms with Gasteiger partial charge in [-0.15, -0.1) is 0 Å². The molecule has 0 saturated heterocycles. The highest BCUT2D eigenvalue weighted by Crippen LogP contribution is 2.25. The molecular formula is C9H11F3N2. The van der Waals surface area contributed by atoms with Crippen molar-refractivity contribution in [2.45, 2.75) is 25.4 Å². The normalized spacial score (nSPS) is 28.8. The standard InChI is InChI=1S/C9H11F3N2/c10-9(11,12)7-4-2-1-3-5-8(13)14-6-7/h4-6H,1-3,13H2/b7-4-,8-5-,14-6-. The molecule has 0 aliphatic carbocycles. The van der Waals surface area contributed by atoms with Gasteiger partial charge in [-0.25, -0.2) is 4.99 Å². The molecule has 0 aromatic heterocycles. The highest BCUT2D eigenvalue weighted by atomic mass is 19.4. The van der Waals surface area contributed by atoms with Crippen LogP contribution in [0.15, 0.2) is 28.5 Å². The van der Waals surface area contributed by atoms with Crippen LogP contribution >= 0.6 is 0 Å². The molecule has 5 heteroatoms. The van der Waals surface area contributed by atoms with Crippen molar-refractivity contribution < 1.29 is 13.2 Å². The molecule has 0 aromatic rings. The molecule has 2 N–H and O–H groups in total. The Kier molecular flexibility index (Phi) is 3.33. The molecule has 0 aromatic carbocycles.